The minimum absolute atomic E-state index is 0.253. The fourth-order valence-electron chi connectivity index (χ4n) is 2.59. The van der Waals surface area contributed by atoms with Gasteiger partial charge < -0.3 is 4.90 Å². The molecule has 3 heteroatoms. The first-order valence-corrected chi connectivity index (χ1v) is 5.23. The van der Waals surface area contributed by atoms with Crippen LogP contribution in [0.15, 0.2) is 0 Å². The minimum Gasteiger partial charge on any atom is -0.323 e. The van der Waals surface area contributed by atoms with Gasteiger partial charge in [0.1, 0.15) is 0 Å². The molecule has 3 atom stereocenters. The molecule has 1 heterocycles. The van der Waals surface area contributed by atoms with Crippen molar-refractivity contribution in [2.24, 2.45) is 5.92 Å². The normalized spacial score (nSPS) is 40.3. The quantitative estimate of drug-likeness (QED) is 0.655. The minimum atomic E-state index is 0.253. The third-order valence-corrected chi connectivity index (χ3v) is 3.31. The van der Waals surface area contributed by atoms with E-state index in [9.17, 15) is 4.79 Å². The van der Waals surface area contributed by atoms with E-state index in [-0.39, 0.29) is 12.1 Å². The van der Waals surface area contributed by atoms with E-state index < -0.39 is 0 Å². The monoisotopic (exact) mass is 182 g/mol. The highest BCUT2D eigenvalue weighted by molar-refractivity contribution is 5.80. The summed E-state index contributed by atoms with van der Waals surface area (Å²) in [7, 11) is 0. The zero-order valence-electron chi connectivity index (χ0n) is 8.42. The molecule has 1 saturated heterocycles. The van der Waals surface area contributed by atoms with Gasteiger partial charge in [0, 0.05) is 6.04 Å². The maximum Gasteiger partial charge on any atom is 0.238 e. The zero-order valence-corrected chi connectivity index (χ0v) is 8.42. The van der Waals surface area contributed by atoms with Crippen LogP contribution in [0.25, 0.3) is 0 Å². The smallest absolute Gasteiger partial charge is 0.238 e. The Hall–Kier alpha value is -0.570. The molecule has 2 rings (SSSR count). The second kappa shape index (κ2) is 3.29. The van der Waals surface area contributed by atoms with Crippen molar-refractivity contribution in [1.82, 2.24) is 10.2 Å². The molecule has 3 unspecified atom stereocenters. The van der Waals surface area contributed by atoms with Gasteiger partial charge in [-0.25, -0.2) is 0 Å². The standard InChI is InChI=1S/C10H18N2O/c1-7-3-4-9(5-7)12-8(2)11-6-10(12)13/h7-9,11H,3-6H2,1-2H3. The maximum absolute atomic E-state index is 11.5. The number of nitrogens with zero attached hydrogens (tertiary/aromatic N) is 1. The summed E-state index contributed by atoms with van der Waals surface area (Å²) in [5.41, 5.74) is 0. The molecule has 2 fully saturated rings. The van der Waals surface area contributed by atoms with Crippen molar-refractivity contribution in [3.63, 3.8) is 0 Å². The van der Waals surface area contributed by atoms with Crippen molar-refractivity contribution in [1.29, 1.82) is 0 Å². The van der Waals surface area contributed by atoms with Crippen molar-refractivity contribution in [3.8, 4) is 0 Å². The Morgan fingerprint density at radius 3 is 2.62 bits per heavy atom. The van der Waals surface area contributed by atoms with Crippen molar-refractivity contribution < 1.29 is 4.79 Å². The molecule has 0 spiro atoms. The topological polar surface area (TPSA) is 32.3 Å². The Balaban J connectivity index is 2.03. The SMILES string of the molecule is CC1CCC(N2C(=O)CNC2C)C1. The molecule has 13 heavy (non-hydrogen) atoms. The van der Waals surface area contributed by atoms with Crippen LogP contribution in [-0.4, -0.2) is 29.6 Å². The second-order valence-electron chi connectivity index (χ2n) is 4.43. The predicted molar refractivity (Wildman–Crippen MR) is 51.1 cm³/mol. The first-order chi connectivity index (χ1) is 6.18. The summed E-state index contributed by atoms with van der Waals surface area (Å²) in [5, 5.41) is 3.19. The van der Waals surface area contributed by atoms with E-state index in [1.807, 2.05) is 4.90 Å². The average molecular weight is 182 g/mol. The molecule has 1 amide bonds. The van der Waals surface area contributed by atoms with Crippen LogP contribution < -0.4 is 5.32 Å². The summed E-state index contributed by atoms with van der Waals surface area (Å²) < 4.78 is 0. The molecule has 1 saturated carbocycles. The van der Waals surface area contributed by atoms with Gasteiger partial charge in [-0.2, -0.15) is 0 Å². The van der Waals surface area contributed by atoms with E-state index in [2.05, 4.69) is 19.2 Å². The van der Waals surface area contributed by atoms with Gasteiger partial charge in [0.2, 0.25) is 5.91 Å². The summed E-state index contributed by atoms with van der Waals surface area (Å²) >= 11 is 0. The van der Waals surface area contributed by atoms with Crippen LogP contribution in [0, 0.1) is 5.92 Å². The fraction of sp³-hybridized carbons (Fsp3) is 0.900. The summed E-state index contributed by atoms with van der Waals surface area (Å²) in [4.78, 5) is 13.6. The lowest BCUT2D eigenvalue weighted by Gasteiger charge is -2.27. The number of hydrogen-bond donors (Lipinski definition) is 1. The molecule has 0 aromatic rings. The highest BCUT2D eigenvalue weighted by Crippen LogP contribution is 2.30. The first-order valence-electron chi connectivity index (χ1n) is 5.23. The van der Waals surface area contributed by atoms with Gasteiger partial charge in [0.05, 0.1) is 12.7 Å². The Morgan fingerprint density at radius 1 is 1.38 bits per heavy atom. The average Bonchev–Trinajstić information content (AvgIpc) is 2.60. The first kappa shape index (κ1) is 9.00. The number of carbonyl (C=O) groups is 1. The van der Waals surface area contributed by atoms with Gasteiger partial charge >= 0.3 is 0 Å². The second-order valence-corrected chi connectivity index (χ2v) is 4.43. The predicted octanol–water partition coefficient (Wildman–Crippen LogP) is 0.953. The highest BCUT2D eigenvalue weighted by atomic mass is 16.2. The van der Waals surface area contributed by atoms with Crippen LogP contribution in [-0.2, 0) is 4.79 Å². The van der Waals surface area contributed by atoms with Crippen LogP contribution in [0.3, 0.4) is 0 Å². The molecule has 0 bridgehead atoms. The lowest BCUT2D eigenvalue weighted by molar-refractivity contribution is -0.129. The third kappa shape index (κ3) is 1.57. The van der Waals surface area contributed by atoms with Crippen molar-refractivity contribution >= 4 is 5.91 Å². The zero-order chi connectivity index (χ0) is 9.42. The van der Waals surface area contributed by atoms with Crippen LogP contribution in [0.4, 0.5) is 0 Å². The Kier molecular flexibility index (Phi) is 2.28. The molecule has 3 nitrogen and oxygen atoms in total. The van der Waals surface area contributed by atoms with E-state index >= 15 is 0 Å². The fourth-order valence-corrected chi connectivity index (χ4v) is 2.59. The Labute approximate surface area is 79.5 Å². The molecule has 1 aliphatic carbocycles. The lowest BCUT2D eigenvalue weighted by atomic mass is 10.1. The van der Waals surface area contributed by atoms with Crippen molar-refractivity contribution in [3.05, 3.63) is 0 Å². The lowest BCUT2D eigenvalue weighted by Crippen LogP contribution is -2.41. The van der Waals surface area contributed by atoms with E-state index in [1.54, 1.807) is 0 Å². The van der Waals surface area contributed by atoms with Crippen LogP contribution >= 0.6 is 0 Å². The van der Waals surface area contributed by atoms with Gasteiger partial charge in [0.25, 0.3) is 0 Å². The van der Waals surface area contributed by atoms with Gasteiger partial charge in [-0.05, 0) is 32.1 Å². The molecule has 0 aromatic carbocycles. The molecule has 2 aliphatic rings. The third-order valence-electron chi connectivity index (χ3n) is 3.31. The van der Waals surface area contributed by atoms with E-state index in [1.165, 1.54) is 19.3 Å². The number of amides is 1. The number of nitrogens with one attached hydrogen (secondary N) is 1. The van der Waals surface area contributed by atoms with Crippen LogP contribution in [0.5, 0.6) is 0 Å². The summed E-state index contributed by atoms with van der Waals surface area (Å²) in [6.45, 7) is 4.89. The molecular formula is C10H18N2O. The van der Waals surface area contributed by atoms with E-state index in [0.717, 1.165) is 5.92 Å². The van der Waals surface area contributed by atoms with Gasteiger partial charge in [-0.1, -0.05) is 6.92 Å². The summed E-state index contributed by atoms with van der Waals surface area (Å²) in [5.74, 6) is 1.08. The van der Waals surface area contributed by atoms with Gasteiger partial charge in [-0.15, -0.1) is 0 Å². The number of rotatable bonds is 1. The highest BCUT2D eigenvalue weighted by Gasteiger charge is 2.36. The van der Waals surface area contributed by atoms with Crippen molar-refractivity contribution in [2.75, 3.05) is 6.54 Å². The van der Waals surface area contributed by atoms with Crippen LogP contribution in [0.2, 0.25) is 0 Å². The van der Waals surface area contributed by atoms with E-state index in [4.69, 9.17) is 0 Å². The number of hydrogen-bond acceptors (Lipinski definition) is 2. The molecule has 0 aromatic heterocycles. The van der Waals surface area contributed by atoms with Crippen molar-refractivity contribution in [2.45, 2.75) is 45.3 Å². The maximum atomic E-state index is 11.5. The van der Waals surface area contributed by atoms with Crippen LogP contribution in [0.1, 0.15) is 33.1 Å². The molecule has 1 aliphatic heterocycles. The largest absolute Gasteiger partial charge is 0.323 e. The van der Waals surface area contributed by atoms with Gasteiger partial charge in [0.15, 0.2) is 0 Å². The van der Waals surface area contributed by atoms with Gasteiger partial charge in [-0.3, -0.25) is 10.1 Å². The summed E-state index contributed by atoms with van der Waals surface area (Å²) in [6.07, 6.45) is 3.92. The number of carbonyl (C=O) groups excluding carboxylic acids is 1. The molecule has 0 radical (unpaired) electrons. The Morgan fingerprint density at radius 2 is 2.15 bits per heavy atom. The molecular weight excluding hydrogens is 164 g/mol. The molecule has 74 valence electrons. The Bertz CT molecular complexity index is 217. The van der Waals surface area contributed by atoms with E-state index in [0.29, 0.717) is 12.6 Å². The summed E-state index contributed by atoms with van der Waals surface area (Å²) in [6, 6.07) is 0.507. The molecule has 1 N–H and O–H groups in total.